The Hall–Kier alpha value is -1.96. The van der Waals surface area contributed by atoms with Gasteiger partial charge in [0.05, 0.1) is 25.0 Å². The Labute approximate surface area is 190 Å². The first kappa shape index (κ1) is 23.2. The summed E-state index contributed by atoms with van der Waals surface area (Å²) in [4.78, 5) is 27.4. The molecule has 2 atom stereocenters. The highest BCUT2D eigenvalue weighted by molar-refractivity contribution is 5.73. The van der Waals surface area contributed by atoms with Gasteiger partial charge >= 0.3 is 11.9 Å². The summed E-state index contributed by atoms with van der Waals surface area (Å²) < 4.78 is 22.2. The number of carbonyl (C=O) groups is 2. The zero-order valence-corrected chi connectivity index (χ0v) is 18.8. The summed E-state index contributed by atoms with van der Waals surface area (Å²) in [7, 11) is 0. The summed E-state index contributed by atoms with van der Waals surface area (Å²) in [5.74, 6) is -0.0405. The lowest BCUT2D eigenvalue weighted by Crippen LogP contribution is -2.31. The molecular weight excluding hydrogens is 410 g/mol. The van der Waals surface area contributed by atoms with E-state index in [-0.39, 0.29) is 35.6 Å². The van der Waals surface area contributed by atoms with Crippen LogP contribution in [0.1, 0.15) is 31.2 Å². The van der Waals surface area contributed by atoms with Gasteiger partial charge < -0.3 is 18.9 Å². The fourth-order valence-corrected chi connectivity index (χ4v) is 4.86. The van der Waals surface area contributed by atoms with E-state index in [4.69, 9.17) is 18.9 Å². The van der Waals surface area contributed by atoms with Crippen molar-refractivity contribution in [2.45, 2.75) is 32.2 Å². The average molecular weight is 446 g/mol. The molecule has 0 aliphatic carbocycles. The monoisotopic (exact) mass is 445 g/mol. The molecule has 1 aromatic carbocycles. The number of nitrogens with zero attached hydrogens (tertiary/aromatic N) is 1. The quantitative estimate of drug-likeness (QED) is 0.570. The molecule has 0 N–H and O–H groups in total. The highest BCUT2D eigenvalue weighted by atomic mass is 16.5. The molecule has 3 fully saturated rings. The van der Waals surface area contributed by atoms with Gasteiger partial charge in [-0.3, -0.25) is 14.5 Å². The van der Waals surface area contributed by atoms with Crippen molar-refractivity contribution in [2.24, 2.45) is 23.7 Å². The molecule has 0 saturated carbocycles. The third kappa shape index (κ3) is 6.53. The second-order valence-electron chi connectivity index (χ2n) is 9.23. The molecule has 4 rings (SSSR count). The molecule has 0 unspecified atom stereocenters. The van der Waals surface area contributed by atoms with E-state index in [1.165, 1.54) is 5.56 Å². The SMILES string of the molecule is O=C(OC[C@@H]1CN(Cc2ccccc2)C[C@H]1COC(=O)C1CCOCC1)C1CCOCC1. The topological polar surface area (TPSA) is 74.3 Å². The molecule has 0 aromatic heterocycles. The number of esters is 2. The zero-order chi connectivity index (χ0) is 22.2. The zero-order valence-electron chi connectivity index (χ0n) is 18.8. The Morgan fingerprint density at radius 2 is 1.25 bits per heavy atom. The van der Waals surface area contributed by atoms with Crippen molar-refractivity contribution >= 4 is 11.9 Å². The summed E-state index contributed by atoms with van der Waals surface area (Å²) >= 11 is 0. The fraction of sp³-hybridized carbons (Fsp3) is 0.680. The van der Waals surface area contributed by atoms with Crippen molar-refractivity contribution in [3.63, 3.8) is 0 Å². The molecule has 1 aromatic rings. The van der Waals surface area contributed by atoms with Crippen LogP contribution >= 0.6 is 0 Å². The first-order chi connectivity index (χ1) is 15.7. The van der Waals surface area contributed by atoms with E-state index in [0.29, 0.717) is 39.6 Å². The normalized spacial score (nSPS) is 25.5. The van der Waals surface area contributed by atoms with Crippen LogP contribution in [-0.2, 0) is 35.1 Å². The maximum absolute atomic E-state index is 12.5. The van der Waals surface area contributed by atoms with Crippen LogP contribution in [0.5, 0.6) is 0 Å². The van der Waals surface area contributed by atoms with Gasteiger partial charge in [-0.25, -0.2) is 0 Å². The smallest absolute Gasteiger partial charge is 0.309 e. The highest BCUT2D eigenvalue weighted by Crippen LogP contribution is 2.27. The summed E-state index contributed by atoms with van der Waals surface area (Å²) in [5, 5.41) is 0. The van der Waals surface area contributed by atoms with E-state index in [1.54, 1.807) is 0 Å². The lowest BCUT2D eigenvalue weighted by molar-refractivity contribution is -0.156. The lowest BCUT2D eigenvalue weighted by Gasteiger charge is -2.24. The molecule has 3 saturated heterocycles. The number of rotatable bonds is 8. The van der Waals surface area contributed by atoms with Crippen molar-refractivity contribution in [1.29, 1.82) is 0 Å². The molecule has 3 aliphatic heterocycles. The Morgan fingerprint density at radius 3 is 1.72 bits per heavy atom. The predicted molar refractivity (Wildman–Crippen MR) is 118 cm³/mol. The molecule has 176 valence electrons. The third-order valence-electron chi connectivity index (χ3n) is 6.89. The van der Waals surface area contributed by atoms with Crippen LogP contribution in [0.4, 0.5) is 0 Å². The van der Waals surface area contributed by atoms with Gasteiger partial charge in [0.1, 0.15) is 0 Å². The molecule has 3 aliphatic rings. The molecule has 0 spiro atoms. The minimum Gasteiger partial charge on any atom is -0.465 e. The lowest BCUT2D eigenvalue weighted by atomic mass is 9.97. The number of hydrogen-bond acceptors (Lipinski definition) is 7. The molecule has 0 bridgehead atoms. The van der Waals surface area contributed by atoms with E-state index in [0.717, 1.165) is 45.3 Å². The van der Waals surface area contributed by atoms with Crippen molar-refractivity contribution in [2.75, 3.05) is 52.7 Å². The average Bonchev–Trinajstić information content (AvgIpc) is 3.24. The van der Waals surface area contributed by atoms with Crippen molar-refractivity contribution in [3.05, 3.63) is 35.9 Å². The van der Waals surface area contributed by atoms with E-state index < -0.39 is 0 Å². The number of likely N-dealkylation sites (tertiary alicyclic amines) is 1. The molecule has 3 heterocycles. The largest absolute Gasteiger partial charge is 0.465 e. The van der Waals surface area contributed by atoms with Crippen molar-refractivity contribution < 1.29 is 28.5 Å². The maximum atomic E-state index is 12.5. The van der Waals surface area contributed by atoms with Gasteiger partial charge in [0.25, 0.3) is 0 Å². The summed E-state index contributed by atoms with van der Waals surface area (Å²) in [6.07, 6.45) is 2.93. The van der Waals surface area contributed by atoms with Crippen LogP contribution in [-0.4, -0.2) is 69.6 Å². The van der Waals surface area contributed by atoms with Gasteiger partial charge in [0.15, 0.2) is 0 Å². The van der Waals surface area contributed by atoms with E-state index in [2.05, 4.69) is 17.0 Å². The number of ether oxygens (including phenoxy) is 4. The second kappa shape index (κ2) is 11.8. The van der Waals surface area contributed by atoms with Crippen LogP contribution < -0.4 is 0 Å². The fourth-order valence-electron chi connectivity index (χ4n) is 4.86. The van der Waals surface area contributed by atoms with Gasteiger partial charge in [0, 0.05) is 57.9 Å². The number of benzene rings is 1. The van der Waals surface area contributed by atoms with E-state index >= 15 is 0 Å². The van der Waals surface area contributed by atoms with E-state index in [9.17, 15) is 9.59 Å². The molecule has 32 heavy (non-hydrogen) atoms. The third-order valence-corrected chi connectivity index (χ3v) is 6.89. The van der Waals surface area contributed by atoms with Crippen molar-refractivity contribution in [1.82, 2.24) is 4.90 Å². The number of hydrogen-bond donors (Lipinski definition) is 0. The Kier molecular flexibility index (Phi) is 8.54. The van der Waals surface area contributed by atoms with Crippen LogP contribution in [0.2, 0.25) is 0 Å². The number of carbonyl (C=O) groups excluding carboxylic acids is 2. The first-order valence-electron chi connectivity index (χ1n) is 11.9. The summed E-state index contributed by atoms with van der Waals surface area (Å²) in [6, 6.07) is 10.4. The second-order valence-corrected chi connectivity index (χ2v) is 9.23. The molecule has 0 radical (unpaired) electrons. The predicted octanol–water partition coefficient (Wildman–Crippen LogP) is 2.67. The summed E-state index contributed by atoms with van der Waals surface area (Å²) in [5.41, 5.74) is 1.25. The van der Waals surface area contributed by atoms with Gasteiger partial charge in [0.2, 0.25) is 0 Å². The van der Waals surface area contributed by atoms with Crippen LogP contribution in [0, 0.1) is 23.7 Å². The van der Waals surface area contributed by atoms with Crippen molar-refractivity contribution in [3.8, 4) is 0 Å². The van der Waals surface area contributed by atoms with Gasteiger partial charge in [-0.05, 0) is 31.2 Å². The Balaban J connectivity index is 1.31. The highest BCUT2D eigenvalue weighted by Gasteiger charge is 2.36. The first-order valence-corrected chi connectivity index (χ1v) is 11.9. The van der Waals surface area contributed by atoms with Gasteiger partial charge in [-0.2, -0.15) is 0 Å². The standard InChI is InChI=1S/C25H35NO6/c27-24(20-6-10-29-11-7-20)31-17-22-15-26(14-19-4-2-1-3-5-19)16-23(22)18-32-25(28)21-8-12-30-13-9-21/h1-5,20-23H,6-18H2/t22-,23-/m0/s1. The summed E-state index contributed by atoms with van der Waals surface area (Å²) in [6.45, 7) is 5.75. The molecule has 7 nitrogen and oxygen atoms in total. The Bertz CT molecular complexity index is 687. The van der Waals surface area contributed by atoms with Crippen LogP contribution in [0.25, 0.3) is 0 Å². The van der Waals surface area contributed by atoms with E-state index in [1.807, 2.05) is 18.2 Å². The molecular formula is C25H35NO6. The van der Waals surface area contributed by atoms with Crippen LogP contribution in [0.3, 0.4) is 0 Å². The molecule has 0 amide bonds. The maximum Gasteiger partial charge on any atom is 0.309 e. The van der Waals surface area contributed by atoms with Crippen LogP contribution in [0.15, 0.2) is 30.3 Å². The van der Waals surface area contributed by atoms with Gasteiger partial charge in [-0.1, -0.05) is 30.3 Å². The molecule has 7 heteroatoms. The van der Waals surface area contributed by atoms with Gasteiger partial charge in [-0.15, -0.1) is 0 Å². The minimum absolute atomic E-state index is 0.0598. The Morgan fingerprint density at radius 1 is 0.781 bits per heavy atom. The minimum atomic E-state index is -0.118.